The normalized spacial score (nSPS) is 15.8. The van der Waals surface area contributed by atoms with Crippen molar-refractivity contribution in [3.05, 3.63) is 35.5 Å². The summed E-state index contributed by atoms with van der Waals surface area (Å²) in [7, 11) is 0. The molecule has 2 aromatic rings. The predicted molar refractivity (Wildman–Crippen MR) is 93.4 cm³/mol. The average Bonchev–Trinajstić information content (AvgIpc) is 2.88. The Balaban J connectivity index is 2.16. The highest BCUT2D eigenvalue weighted by Crippen LogP contribution is 2.36. The largest absolute Gasteiger partial charge is 0.462 e. The van der Waals surface area contributed by atoms with Crippen LogP contribution in [0.25, 0.3) is 10.9 Å². The molecule has 1 aromatic heterocycles. The van der Waals surface area contributed by atoms with Crippen molar-refractivity contribution in [1.29, 1.82) is 0 Å². The molecule has 0 radical (unpaired) electrons. The van der Waals surface area contributed by atoms with Gasteiger partial charge in [-0.05, 0) is 31.9 Å². The number of fused-ring (bicyclic) bond motifs is 1. The van der Waals surface area contributed by atoms with Gasteiger partial charge in [-0.25, -0.2) is 4.79 Å². The zero-order valence-electron chi connectivity index (χ0n) is 14.6. The third-order valence-electron chi connectivity index (χ3n) is 4.59. The maximum atomic E-state index is 13.0. The number of aromatic nitrogens is 1. The van der Waals surface area contributed by atoms with Gasteiger partial charge in [-0.2, -0.15) is 13.2 Å². The Morgan fingerprint density at radius 1 is 1.19 bits per heavy atom. The first-order valence-electron chi connectivity index (χ1n) is 8.84. The molecule has 1 aliphatic heterocycles. The van der Waals surface area contributed by atoms with E-state index >= 15 is 0 Å². The van der Waals surface area contributed by atoms with Gasteiger partial charge in [0.2, 0.25) is 0 Å². The summed E-state index contributed by atoms with van der Waals surface area (Å²) in [5, 5.41) is 0.547. The molecule has 0 aliphatic carbocycles. The number of rotatable bonds is 3. The summed E-state index contributed by atoms with van der Waals surface area (Å²) in [5.74, 6) is -0.499. The molecule has 3 rings (SSSR count). The minimum absolute atomic E-state index is 0.226. The molecule has 0 bridgehead atoms. The monoisotopic (exact) mass is 366 g/mol. The molecule has 0 atom stereocenters. The number of carbonyl (C=O) groups is 1. The number of halogens is 3. The van der Waals surface area contributed by atoms with E-state index in [1.165, 1.54) is 12.3 Å². The summed E-state index contributed by atoms with van der Waals surface area (Å²) >= 11 is 0. The predicted octanol–water partition coefficient (Wildman–Crippen LogP) is 4.81. The van der Waals surface area contributed by atoms with Gasteiger partial charge in [0.1, 0.15) is 5.56 Å². The van der Waals surface area contributed by atoms with Crippen LogP contribution in [0.4, 0.5) is 18.9 Å². The Kier molecular flexibility index (Phi) is 5.34. The lowest BCUT2D eigenvalue weighted by Gasteiger charge is -2.26. The summed E-state index contributed by atoms with van der Waals surface area (Å²) in [6.45, 7) is 3.45. The van der Waals surface area contributed by atoms with Crippen LogP contribution < -0.4 is 4.90 Å². The third-order valence-corrected chi connectivity index (χ3v) is 4.59. The maximum absolute atomic E-state index is 13.0. The van der Waals surface area contributed by atoms with Crippen LogP contribution in [0.5, 0.6) is 0 Å². The van der Waals surface area contributed by atoms with E-state index in [9.17, 15) is 18.0 Å². The number of carbonyl (C=O) groups excluding carboxylic acids is 1. The Morgan fingerprint density at radius 2 is 1.88 bits per heavy atom. The zero-order valence-corrected chi connectivity index (χ0v) is 14.6. The van der Waals surface area contributed by atoms with Crippen molar-refractivity contribution in [3.8, 4) is 0 Å². The van der Waals surface area contributed by atoms with E-state index in [4.69, 9.17) is 4.74 Å². The van der Waals surface area contributed by atoms with Crippen LogP contribution in [0.15, 0.2) is 24.4 Å². The number of anilines is 1. The zero-order chi connectivity index (χ0) is 18.7. The lowest BCUT2D eigenvalue weighted by atomic mass is 10.0. The Bertz CT molecular complexity index is 797. The molecule has 1 fully saturated rings. The molecule has 4 nitrogen and oxygen atoms in total. The number of pyridine rings is 1. The molecule has 1 saturated heterocycles. The van der Waals surface area contributed by atoms with Crippen molar-refractivity contribution < 1.29 is 22.7 Å². The van der Waals surface area contributed by atoms with E-state index in [2.05, 4.69) is 9.88 Å². The highest BCUT2D eigenvalue weighted by molar-refractivity contribution is 6.05. The van der Waals surface area contributed by atoms with Crippen molar-refractivity contribution in [3.63, 3.8) is 0 Å². The standard InChI is InChI=1S/C19H21F3N2O2/c1-2-26-18(25)15-12-23-16-11-13(19(20,21)22)7-8-14(16)17(15)24-9-5-3-4-6-10-24/h7-8,11-12H,2-6,9-10H2,1H3. The number of hydrogen-bond acceptors (Lipinski definition) is 4. The summed E-state index contributed by atoms with van der Waals surface area (Å²) in [4.78, 5) is 18.6. The quantitative estimate of drug-likeness (QED) is 0.731. The van der Waals surface area contributed by atoms with Crippen molar-refractivity contribution in [2.75, 3.05) is 24.6 Å². The van der Waals surface area contributed by atoms with Crippen molar-refractivity contribution in [2.45, 2.75) is 38.8 Å². The van der Waals surface area contributed by atoms with Gasteiger partial charge < -0.3 is 9.64 Å². The fourth-order valence-electron chi connectivity index (χ4n) is 3.35. The van der Waals surface area contributed by atoms with Crippen molar-refractivity contribution >= 4 is 22.6 Å². The molecule has 0 amide bonds. The van der Waals surface area contributed by atoms with Gasteiger partial charge in [0.25, 0.3) is 0 Å². The highest BCUT2D eigenvalue weighted by Gasteiger charge is 2.31. The molecule has 0 spiro atoms. The smallest absolute Gasteiger partial charge is 0.416 e. The van der Waals surface area contributed by atoms with Crippen LogP contribution in [0.1, 0.15) is 48.5 Å². The second kappa shape index (κ2) is 7.51. The minimum Gasteiger partial charge on any atom is -0.462 e. The van der Waals surface area contributed by atoms with Crippen LogP contribution in [0, 0.1) is 0 Å². The van der Waals surface area contributed by atoms with Gasteiger partial charge in [0.05, 0.1) is 23.4 Å². The van der Waals surface area contributed by atoms with E-state index in [0.717, 1.165) is 50.9 Å². The van der Waals surface area contributed by atoms with E-state index < -0.39 is 17.7 Å². The first kappa shape index (κ1) is 18.5. The number of nitrogens with zero attached hydrogens (tertiary/aromatic N) is 2. The molecule has 140 valence electrons. The van der Waals surface area contributed by atoms with Crippen LogP contribution in [0.3, 0.4) is 0 Å². The molecule has 0 N–H and O–H groups in total. The van der Waals surface area contributed by atoms with E-state index in [1.54, 1.807) is 6.92 Å². The Hall–Kier alpha value is -2.31. The third kappa shape index (κ3) is 3.76. The van der Waals surface area contributed by atoms with E-state index in [0.29, 0.717) is 16.6 Å². The first-order chi connectivity index (χ1) is 12.4. The minimum atomic E-state index is -4.43. The van der Waals surface area contributed by atoms with Crippen molar-refractivity contribution in [2.24, 2.45) is 0 Å². The molecule has 2 heterocycles. The van der Waals surface area contributed by atoms with E-state index in [1.807, 2.05) is 0 Å². The van der Waals surface area contributed by atoms with Gasteiger partial charge in [0.15, 0.2) is 0 Å². The first-order valence-corrected chi connectivity index (χ1v) is 8.84. The van der Waals surface area contributed by atoms with Gasteiger partial charge in [-0.3, -0.25) is 4.98 Å². The van der Waals surface area contributed by atoms with Gasteiger partial charge >= 0.3 is 12.1 Å². The van der Waals surface area contributed by atoms with Crippen molar-refractivity contribution in [1.82, 2.24) is 4.98 Å². The average molecular weight is 366 g/mol. The second-order valence-electron chi connectivity index (χ2n) is 6.37. The van der Waals surface area contributed by atoms with Crippen LogP contribution >= 0.6 is 0 Å². The molecular formula is C19H21F3N2O2. The Labute approximate surface area is 150 Å². The molecule has 0 unspecified atom stereocenters. The number of benzene rings is 1. The Morgan fingerprint density at radius 3 is 2.50 bits per heavy atom. The van der Waals surface area contributed by atoms with Crippen LogP contribution in [-0.2, 0) is 10.9 Å². The summed E-state index contributed by atoms with van der Waals surface area (Å²) in [5.41, 5.74) is 0.417. The van der Waals surface area contributed by atoms with Gasteiger partial charge in [-0.15, -0.1) is 0 Å². The SMILES string of the molecule is CCOC(=O)c1cnc2cc(C(F)(F)F)ccc2c1N1CCCCCC1. The van der Waals surface area contributed by atoms with Gasteiger partial charge in [-0.1, -0.05) is 18.9 Å². The summed E-state index contributed by atoms with van der Waals surface area (Å²) in [6.07, 6.45) is 1.07. The van der Waals surface area contributed by atoms with Crippen LogP contribution in [-0.4, -0.2) is 30.6 Å². The van der Waals surface area contributed by atoms with Gasteiger partial charge in [0, 0.05) is 24.7 Å². The molecule has 7 heteroatoms. The fraction of sp³-hybridized carbons (Fsp3) is 0.474. The lowest BCUT2D eigenvalue weighted by molar-refractivity contribution is -0.137. The fourth-order valence-corrected chi connectivity index (χ4v) is 3.35. The number of hydrogen-bond donors (Lipinski definition) is 0. The number of esters is 1. The molecule has 1 aromatic carbocycles. The summed E-state index contributed by atoms with van der Waals surface area (Å²) in [6, 6.07) is 3.49. The molecular weight excluding hydrogens is 345 g/mol. The number of alkyl halides is 3. The molecule has 26 heavy (non-hydrogen) atoms. The second-order valence-corrected chi connectivity index (χ2v) is 6.37. The molecule has 0 saturated carbocycles. The van der Waals surface area contributed by atoms with Crippen LogP contribution in [0.2, 0.25) is 0 Å². The maximum Gasteiger partial charge on any atom is 0.416 e. The number of ether oxygens (including phenoxy) is 1. The summed E-state index contributed by atoms with van der Waals surface area (Å²) < 4.78 is 44.2. The van der Waals surface area contributed by atoms with E-state index in [-0.39, 0.29) is 12.1 Å². The lowest BCUT2D eigenvalue weighted by Crippen LogP contribution is -2.27. The highest BCUT2D eigenvalue weighted by atomic mass is 19.4. The topological polar surface area (TPSA) is 42.4 Å². The molecule has 1 aliphatic rings.